The van der Waals surface area contributed by atoms with Crippen LogP contribution < -0.4 is 5.32 Å². The minimum absolute atomic E-state index is 0.193. The van der Waals surface area contributed by atoms with Gasteiger partial charge in [0.2, 0.25) is 12.3 Å². The van der Waals surface area contributed by atoms with E-state index in [-0.39, 0.29) is 18.2 Å². The summed E-state index contributed by atoms with van der Waals surface area (Å²) in [6.45, 7) is 3.73. The third-order valence-corrected chi connectivity index (χ3v) is 2.92. The van der Waals surface area contributed by atoms with Crippen molar-refractivity contribution < 1.29 is 14.3 Å². The zero-order valence-corrected chi connectivity index (χ0v) is 10.6. The van der Waals surface area contributed by atoms with Gasteiger partial charge in [0, 0.05) is 18.8 Å². The molecule has 0 aromatic rings. The number of carbonyl (C=O) groups excluding carboxylic acids is 2. The molecule has 5 heteroatoms. The first-order valence-electron chi connectivity index (χ1n) is 5.91. The minimum atomic E-state index is -0.239. The van der Waals surface area contributed by atoms with Gasteiger partial charge in [0.1, 0.15) is 6.23 Å². The van der Waals surface area contributed by atoms with Crippen LogP contribution in [0, 0.1) is 0 Å². The van der Waals surface area contributed by atoms with Gasteiger partial charge in [0.05, 0.1) is 6.10 Å². The van der Waals surface area contributed by atoms with E-state index in [9.17, 15) is 9.59 Å². The fraction of sp³-hybridized carbons (Fsp3) is 0.667. The molecule has 2 amide bonds. The van der Waals surface area contributed by atoms with Gasteiger partial charge in [0.15, 0.2) is 0 Å². The van der Waals surface area contributed by atoms with E-state index in [1.807, 2.05) is 0 Å². The third-order valence-electron chi connectivity index (χ3n) is 2.92. The van der Waals surface area contributed by atoms with Crippen LogP contribution in [0.25, 0.3) is 0 Å². The second-order valence-electron chi connectivity index (χ2n) is 4.14. The summed E-state index contributed by atoms with van der Waals surface area (Å²) >= 11 is 0. The Morgan fingerprint density at radius 2 is 2.24 bits per heavy atom. The van der Waals surface area contributed by atoms with Crippen molar-refractivity contribution in [3.8, 4) is 0 Å². The fourth-order valence-corrected chi connectivity index (χ4v) is 1.87. The van der Waals surface area contributed by atoms with E-state index in [2.05, 4.69) is 12.2 Å². The van der Waals surface area contributed by atoms with E-state index in [0.717, 1.165) is 19.3 Å². The summed E-state index contributed by atoms with van der Waals surface area (Å²) in [5.74, 6) is -0.193. The van der Waals surface area contributed by atoms with Crippen LogP contribution in [0.2, 0.25) is 0 Å². The predicted molar refractivity (Wildman–Crippen MR) is 63.9 cm³/mol. The highest BCUT2D eigenvalue weighted by atomic mass is 16.5. The molecule has 2 unspecified atom stereocenters. The lowest BCUT2D eigenvalue weighted by Gasteiger charge is -2.21. The number of ether oxygens (including phenoxy) is 1. The first-order chi connectivity index (χ1) is 8.12. The van der Waals surface area contributed by atoms with Crippen LogP contribution in [0.15, 0.2) is 11.8 Å². The van der Waals surface area contributed by atoms with E-state index < -0.39 is 0 Å². The molecule has 1 N–H and O–H groups in total. The smallest absolute Gasteiger partial charge is 0.248 e. The molecule has 0 aromatic heterocycles. The molecule has 1 heterocycles. The molecule has 1 aliphatic heterocycles. The van der Waals surface area contributed by atoms with Crippen LogP contribution in [0.1, 0.15) is 33.1 Å². The Morgan fingerprint density at radius 1 is 1.53 bits per heavy atom. The monoisotopic (exact) mass is 240 g/mol. The summed E-state index contributed by atoms with van der Waals surface area (Å²) in [5.41, 5.74) is 0.489. The van der Waals surface area contributed by atoms with Crippen molar-refractivity contribution in [2.75, 3.05) is 7.05 Å². The number of nitrogens with one attached hydrogen (secondary N) is 1. The number of amides is 2. The van der Waals surface area contributed by atoms with Crippen molar-refractivity contribution >= 4 is 12.3 Å². The van der Waals surface area contributed by atoms with Gasteiger partial charge in [0.25, 0.3) is 0 Å². The van der Waals surface area contributed by atoms with E-state index in [4.69, 9.17) is 4.74 Å². The molecule has 0 aliphatic carbocycles. The number of hydrogen-bond donors (Lipinski definition) is 1. The molecule has 0 saturated carbocycles. The number of hydrogen-bond acceptors (Lipinski definition) is 3. The van der Waals surface area contributed by atoms with Gasteiger partial charge in [-0.15, -0.1) is 0 Å². The molecule has 1 fully saturated rings. The first-order valence-corrected chi connectivity index (χ1v) is 5.91. The Labute approximate surface area is 102 Å². The SMILES string of the molecule is CCC1CCC(N(C=O)/C=C(/C)C(=O)NC)O1. The number of rotatable bonds is 5. The topological polar surface area (TPSA) is 58.6 Å². The van der Waals surface area contributed by atoms with Crippen LogP contribution in [0.4, 0.5) is 0 Å². The molecule has 96 valence electrons. The van der Waals surface area contributed by atoms with E-state index in [0.29, 0.717) is 12.0 Å². The molecule has 1 saturated heterocycles. The summed E-state index contributed by atoms with van der Waals surface area (Å²) in [4.78, 5) is 23.8. The molecule has 17 heavy (non-hydrogen) atoms. The van der Waals surface area contributed by atoms with Gasteiger partial charge in [-0.25, -0.2) is 0 Å². The molecular weight excluding hydrogens is 220 g/mol. The van der Waals surface area contributed by atoms with E-state index in [1.165, 1.54) is 11.1 Å². The number of carbonyl (C=O) groups is 2. The summed E-state index contributed by atoms with van der Waals surface area (Å²) in [6.07, 6.45) is 4.94. The predicted octanol–water partition coefficient (Wildman–Crippen LogP) is 1.01. The highest BCUT2D eigenvalue weighted by molar-refractivity contribution is 5.92. The van der Waals surface area contributed by atoms with Gasteiger partial charge in [-0.1, -0.05) is 6.92 Å². The Morgan fingerprint density at radius 3 is 2.71 bits per heavy atom. The van der Waals surface area contributed by atoms with Crippen molar-refractivity contribution in [1.82, 2.24) is 10.2 Å². The highest BCUT2D eigenvalue weighted by Gasteiger charge is 2.27. The lowest BCUT2D eigenvalue weighted by molar-refractivity contribution is -0.126. The second-order valence-corrected chi connectivity index (χ2v) is 4.14. The average molecular weight is 240 g/mol. The molecule has 0 radical (unpaired) electrons. The zero-order chi connectivity index (χ0) is 12.8. The van der Waals surface area contributed by atoms with E-state index in [1.54, 1.807) is 14.0 Å². The standard InChI is InChI=1S/C12H20N2O3/c1-4-10-5-6-11(17-10)14(8-15)7-9(2)12(16)13-3/h7-8,10-11H,4-6H2,1-3H3,(H,13,16)/b9-7-. The van der Waals surface area contributed by atoms with Crippen molar-refractivity contribution in [3.05, 3.63) is 11.8 Å². The number of likely N-dealkylation sites (N-methyl/N-ethyl adjacent to an activating group) is 1. The molecular formula is C12H20N2O3. The maximum absolute atomic E-state index is 11.3. The van der Waals surface area contributed by atoms with Gasteiger partial charge in [-0.3, -0.25) is 14.5 Å². The molecule has 5 nitrogen and oxygen atoms in total. The Bertz CT molecular complexity index is 315. The Kier molecular flexibility index (Phi) is 5.15. The normalized spacial score (nSPS) is 24.5. The molecule has 2 atom stereocenters. The molecule has 1 rings (SSSR count). The fourth-order valence-electron chi connectivity index (χ4n) is 1.87. The summed E-state index contributed by atoms with van der Waals surface area (Å²) < 4.78 is 5.70. The first kappa shape index (κ1) is 13.7. The second kappa shape index (κ2) is 6.39. The van der Waals surface area contributed by atoms with Crippen LogP contribution in [0.5, 0.6) is 0 Å². The quantitative estimate of drug-likeness (QED) is 0.576. The van der Waals surface area contributed by atoms with Crippen LogP contribution >= 0.6 is 0 Å². The molecule has 0 aromatic carbocycles. The zero-order valence-electron chi connectivity index (χ0n) is 10.6. The summed E-state index contributed by atoms with van der Waals surface area (Å²) in [7, 11) is 1.56. The molecule has 0 spiro atoms. The van der Waals surface area contributed by atoms with Gasteiger partial charge in [-0.05, 0) is 26.2 Å². The van der Waals surface area contributed by atoms with Crippen LogP contribution in [0.3, 0.4) is 0 Å². The highest BCUT2D eigenvalue weighted by Crippen LogP contribution is 2.24. The Balaban J connectivity index is 2.66. The van der Waals surface area contributed by atoms with E-state index >= 15 is 0 Å². The van der Waals surface area contributed by atoms with Gasteiger partial charge >= 0.3 is 0 Å². The van der Waals surface area contributed by atoms with Crippen molar-refractivity contribution in [3.63, 3.8) is 0 Å². The lowest BCUT2D eigenvalue weighted by atomic mass is 10.2. The van der Waals surface area contributed by atoms with Crippen molar-refractivity contribution in [2.24, 2.45) is 0 Å². The van der Waals surface area contributed by atoms with Crippen molar-refractivity contribution in [1.29, 1.82) is 0 Å². The minimum Gasteiger partial charge on any atom is -0.355 e. The largest absolute Gasteiger partial charge is 0.355 e. The molecule has 1 aliphatic rings. The summed E-state index contributed by atoms with van der Waals surface area (Å²) in [6, 6.07) is 0. The Hall–Kier alpha value is -1.36. The van der Waals surface area contributed by atoms with Crippen molar-refractivity contribution in [2.45, 2.75) is 45.4 Å². The van der Waals surface area contributed by atoms with Gasteiger partial charge < -0.3 is 10.1 Å². The van der Waals surface area contributed by atoms with Gasteiger partial charge in [-0.2, -0.15) is 0 Å². The summed E-state index contributed by atoms with van der Waals surface area (Å²) in [5, 5.41) is 2.51. The maximum atomic E-state index is 11.3. The van der Waals surface area contributed by atoms with Crippen LogP contribution in [-0.4, -0.2) is 36.6 Å². The number of nitrogens with zero attached hydrogens (tertiary/aromatic N) is 1. The van der Waals surface area contributed by atoms with Crippen LogP contribution in [-0.2, 0) is 14.3 Å². The third kappa shape index (κ3) is 3.56. The average Bonchev–Trinajstić information content (AvgIpc) is 2.83. The lowest BCUT2D eigenvalue weighted by Crippen LogP contribution is -2.31. The molecule has 0 bridgehead atoms. The maximum Gasteiger partial charge on any atom is 0.248 e.